The number of aliphatic hydroxyl groups is 1. The SMILES string of the molecule is CC1(C)[C@H]2CC[C@]1(c1cncc(-c3cnc(CO)o3)n1)c1nnc(-c3c(F)cccc3F)cc12. The van der Waals surface area contributed by atoms with Crippen molar-refractivity contribution < 1.29 is 18.3 Å². The van der Waals surface area contributed by atoms with Crippen LogP contribution in [0.25, 0.3) is 22.7 Å². The monoisotopic (exact) mass is 461 g/mol. The lowest BCUT2D eigenvalue weighted by molar-refractivity contribution is 0.240. The molecule has 1 fully saturated rings. The van der Waals surface area contributed by atoms with Crippen molar-refractivity contribution in [1.82, 2.24) is 25.1 Å². The van der Waals surface area contributed by atoms with Crippen molar-refractivity contribution in [3.63, 3.8) is 0 Å². The number of benzene rings is 1. The van der Waals surface area contributed by atoms with Crippen LogP contribution >= 0.6 is 0 Å². The number of aliphatic hydroxyl groups excluding tert-OH is 1. The number of oxazole rings is 1. The fraction of sp³-hybridized carbons (Fsp3) is 0.320. The Morgan fingerprint density at radius 3 is 2.62 bits per heavy atom. The smallest absolute Gasteiger partial charge is 0.220 e. The summed E-state index contributed by atoms with van der Waals surface area (Å²) in [6.07, 6.45) is 6.52. The van der Waals surface area contributed by atoms with Crippen LogP contribution in [-0.2, 0) is 12.0 Å². The molecule has 7 nitrogen and oxygen atoms in total. The Bertz CT molecular complexity index is 1420. The molecule has 2 aliphatic carbocycles. The lowest BCUT2D eigenvalue weighted by Crippen LogP contribution is -2.38. The summed E-state index contributed by atoms with van der Waals surface area (Å²) in [6, 6.07) is 5.55. The van der Waals surface area contributed by atoms with E-state index >= 15 is 0 Å². The van der Waals surface area contributed by atoms with Gasteiger partial charge >= 0.3 is 0 Å². The third-order valence-corrected chi connectivity index (χ3v) is 7.61. The van der Waals surface area contributed by atoms with E-state index in [9.17, 15) is 13.9 Å². The quantitative estimate of drug-likeness (QED) is 0.476. The predicted molar refractivity (Wildman–Crippen MR) is 117 cm³/mol. The first kappa shape index (κ1) is 21.0. The molecule has 6 rings (SSSR count). The van der Waals surface area contributed by atoms with Gasteiger partial charge in [-0.05, 0) is 47.9 Å². The van der Waals surface area contributed by atoms with Gasteiger partial charge in [-0.3, -0.25) is 4.98 Å². The lowest BCUT2D eigenvalue weighted by Gasteiger charge is -2.37. The Morgan fingerprint density at radius 2 is 1.88 bits per heavy atom. The maximum atomic E-state index is 14.4. The van der Waals surface area contributed by atoms with Crippen molar-refractivity contribution in [2.24, 2.45) is 5.41 Å². The lowest BCUT2D eigenvalue weighted by atomic mass is 9.66. The highest BCUT2D eigenvalue weighted by Gasteiger charge is 2.65. The van der Waals surface area contributed by atoms with E-state index < -0.39 is 17.0 Å². The zero-order chi connectivity index (χ0) is 23.7. The second kappa shape index (κ2) is 7.20. The average Bonchev–Trinajstić information content (AvgIpc) is 3.47. The molecule has 3 aromatic heterocycles. The summed E-state index contributed by atoms with van der Waals surface area (Å²) in [4.78, 5) is 13.3. The zero-order valence-electron chi connectivity index (χ0n) is 18.6. The van der Waals surface area contributed by atoms with E-state index in [2.05, 4.69) is 34.0 Å². The molecule has 0 aliphatic heterocycles. The summed E-state index contributed by atoms with van der Waals surface area (Å²) in [7, 11) is 0. The van der Waals surface area contributed by atoms with Crippen LogP contribution in [0, 0.1) is 17.0 Å². The molecular formula is C25H21F2N5O2. The fourth-order valence-electron chi connectivity index (χ4n) is 5.95. The normalized spacial score (nSPS) is 22.2. The summed E-state index contributed by atoms with van der Waals surface area (Å²) in [5.74, 6) is -0.592. The molecule has 0 spiro atoms. The molecule has 3 heterocycles. The summed E-state index contributed by atoms with van der Waals surface area (Å²) >= 11 is 0. The third kappa shape index (κ3) is 2.67. The van der Waals surface area contributed by atoms with Crippen molar-refractivity contribution in [3.05, 3.63) is 77.3 Å². The van der Waals surface area contributed by atoms with E-state index in [1.807, 2.05) is 0 Å². The van der Waals surface area contributed by atoms with Gasteiger partial charge in [0, 0.05) is 6.20 Å². The zero-order valence-corrected chi connectivity index (χ0v) is 18.6. The summed E-state index contributed by atoms with van der Waals surface area (Å²) in [6.45, 7) is 4.03. The van der Waals surface area contributed by atoms with E-state index in [0.717, 1.165) is 29.8 Å². The van der Waals surface area contributed by atoms with Crippen LogP contribution in [0.15, 0.2) is 47.3 Å². The minimum atomic E-state index is -0.667. The molecule has 9 heteroatoms. The Morgan fingerprint density at radius 1 is 1.09 bits per heavy atom. The topological polar surface area (TPSA) is 97.8 Å². The molecule has 2 atom stereocenters. The number of rotatable bonds is 4. The molecule has 1 aromatic carbocycles. The molecule has 1 saturated carbocycles. The van der Waals surface area contributed by atoms with Gasteiger partial charge < -0.3 is 9.52 Å². The third-order valence-electron chi connectivity index (χ3n) is 7.61. The van der Waals surface area contributed by atoms with Gasteiger partial charge in [0.1, 0.15) is 23.9 Å². The fourth-order valence-corrected chi connectivity index (χ4v) is 5.95. The number of hydrogen-bond acceptors (Lipinski definition) is 7. The van der Waals surface area contributed by atoms with Gasteiger partial charge in [0.2, 0.25) is 5.89 Å². The van der Waals surface area contributed by atoms with Gasteiger partial charge in [-0.15, -0.1) is 5.10 Å². The van der Waals surface area contributed by atoms with Crippen molar-refractivity contribution in [2.75, 3.05) is 0 Å². The average molecular weight is 461 g/mol. The second-order valence-electron chi connectivity index (χ2n) is 9.41. The van der Waals surface area contributed by atoms with E-state index in [0.29, 0.717) is 11.5 Å². The first-order chi connectivity index (χ1) is 16.4. The molecule has 34 heavy (non-hydrogen) atoms. The van der Waals surface area contributed by atoms with Gasteiger partial charge in [0.15, 0.2) is 5.76 Å². The van der Waals surface area contributed by atoms with Gasteiger partial charge in [-0.1, -0.05) is 19.9 Å². The Balaban J connectivity index is 1.51. The first-order valence-corrected chi connectivity index (χ1v) is 11.1. The molecule has 0 unspecified atom stereocenters. The largest absolute Gasteiger partial charge is 0.436 e. The van der Waals surface area contributed by atoms with E-state index in [1.165, 1.54) is 24.4 Å². The Hall–Kier alpha value is -3.59. The minimum absolute atomic E-state index is 0.128. The Labute approximate surface area is 193 Å². The van der Waals surface area contributed by atoms with Crippen LogP contribution in [0.2, 0.25) is 0 Å². The van der Waals surface area contributed by atoms with Crippen molar-refractivity contribution in [2.45, 2.75) is 44.6 Å². The van der Waals surface area contributed by atoms with Crippen LogP contribution in [0.5, 0.6) is 0 Å². The molecule has 2 aliphatic rings. The molecule has 0 amide bonds. The van der Waals surface area contributed by atoms with Crippen LogP contribution < -0.4 is 0 Å². The molecular weight excluding hydrogens is 440 g/mol. The van der Waals surface area contributed by atoms with Crippen LogP contribution in [-0.4, -0.2) is 30.3 Å². The number of nitrogens with zero attached hydrogens (tertiary/aromatic N) is 5. The van der Waals surface area contributed by atoms with Crippen molar-refractivity contribution in [3.8, 4) is 22.7 Å². The molecule has 0 saturated heterocycles. The summed E-state index contributed by atoms with van der Waals surface area (Å²) in [5, 5.41) is 18.1. The second-order valence-corrected chi connectivity index (χ2v) is 9.41. The molecule has 2 bridgehead atoms. The highest BCUT2D eigenvalue weighted by molar-refractivity contribution is 5.64. The number of fused-ring (bicyclic) bond motifs is 5. The van der Waals surface area contributed by atoms with Crippen LogP contribution in [0.1, 0.15) is 55.4 Å². The molecule has 0 radical (unpaired) electrons. The summed E-state index contributed by atoms with van der Waals surface area (Å²) in [5.41, 5.74) is 2.14. The molecule has 1 N–H and O–H groups in total. The summed E-state index contributed by atoms with van der Waals surface area (Å²) < 4.78 is 34.5. The number of hydrogen-bond donors (Lipinski definition) is 1. The minimum Gasteiger partial charge on any atom is -0.436 e. The van der Waals surface area contributed by atoms with E-state index in [-0.39, 0.29) is 35.1 Å². The first-order valence-electron chi connectivity index (χ1n) is 11.1. The molecule has 4 aromatic rings. The van der Waals surface area contributed by atoms with E-state index in [4.69, 9.17) is 9.40 Å². The van der Waals surface area contributed by atoms with Gasteiger partial charge in [0.05, 0.1) is 40.5 Å². The van der Waals surface area contributed by atoms with E-state index in [1.54, 1.807) is 18.5 Å². The maximum absolute atomic E-state index is 14.4. The standard InChI is InChI=1S/C25H21F2N5O2/c1-24(2)14-6-7-25(24,20-11-28-9-18(30-20)19-10-29-21(12-33)34-19)23-13(14)8-17(31-32-23)22-15(26)4-3-5-16(22)27/h3-5,8-11,14,33H,6-7,12H2,1-2H3/t14-,25-/m0/s1. The van der Waals surface area contributed by atoms with Gasteiger partial charge in [-0.2, -0.15) is 5.10 Å². The highest BCUT2D eigenvalue weighted by Crippen LogP contribution is 2.69. The molecule has 172 valence electrons. The number of aromatic nitrogens is 5. The van der Waals surface area contributed by atoms with Crippen molar-refractivity contribution >= 4 is 0 Å². The number of halogens is 2. The van der Waals surface area contributed by atoms with Crippen molar-refractivity contribution in [1.29, 1.82) is 0 Å². The predicted octanol–water partition coefficient (Wildman–Crippen LogP) is 4.56. The van der Waals surface area contributed by atoms with Gasteiger partial charge in [0.25, 0.3) is 0 Å². The maximum Gasteiger partial charge on any atom is 0.220 e. The van der Waals surface area contributed by atoms with Crippen LogP contribution in [0.4, 0.5) is 8.78 Å². The van der Waals surface area contributed by atoms with Crippen LogP contribution in [0.3, 0.4) is 0 Å². The van der Waals surface area contributed by atoms with Gasteiger partial charge in [-0.25, -0.2) is 18.7 Å². The highest BCUT2D eigenvalue weighted by atomic mass is 19.1. The Kier molecular flexibility index (Phi) is 4.44.